The van der Waals surface area contributed by atoms with Gasteiger partial charge >= 0.3 is 5.97 Å². The van der Waals surface area contributed by atoms with Crippen LogP contribution in [0.5, 0.6) is 5.75 Å². The molecule has 0 aliphatic heterocycles. The van der Waals surface area contributed by atoms with Crippen LogP contribution in [0.15, 0.2) is 72.8 Å². The zero-order valence-corrected chi connectivity index (χ0v) is 20.1. The molecule has 2 nitrogen and oxygen atoms in total. The van der Waals surface area contributed by atoms with E-state index in [9.17, 15) is 4.79 Å². The standard InChI is InChI=1S/C31H36O2/c1-3-5-23-7-11-25(12-8-23)27-15-17-29(18-16-27)31(32)33-30-21-19-28(20-22-30)26-13-9-24(6-4-2)10-14-26/h9-10,13-23,25H,3-8,11-12H2,1-2H3/t23-,25-. The van der Waals surface area contributed by atoms with Crippen LogP contribution in [0.4, 0.5) is 0 Å². The number of carbonyl (C=O) groups is 1. The van der Waals surface area contributed by atoms with Crippen molar-refractivity contribution in [3.8, 4) is 16.9 Å². The third-order valence-electron chi connectivity index (χ3n) is 7.05. The predicted molar refractivity (Wildman–Crippen MR) is 137 cm³/mol. The Bertz CT molecular complexity index is 1010. The Hall–Kier alpha value is -2.87. The quantitative estimate of drug-likeness (QED) is 0.259. The molecule has 0 bridgehead atoms. The molecule has 0 amide bonds. The average molecular weight is 441 g/mol. The smallest absolute Gasteiger partial charge is 0.343 e. The summed E-state index contributed by atoms with van der Waals surface area (Å²) in [5.74, 6) is 1.81. The van der Waals surface area contributed by atoms with Crippen molar-refractivity contribution in [1.82, 2.24) is 0 Å². The highest BCUT2D eigenvalue weighted by molar-refractivity contribution is 5.91. The van der Waals surface area contributed by atoms with E-state index in [-0.39, 0.29) is 5.97 Å². The Morgan fingerprint density at radius 3 is 1.94 bits per heavy atom. The maximum absolute atomic E-state index is 12.6. The van der Waals surface area contributed by atoms with E-state index >= 15 is 0 Å². The van der Waals surface area contributed by atoms with Gasteiger partial charge in [-0.2, -0.15) is 0 Å². The second kappa shape index (κ2) is 11.3. The van der Waals surface area contributed by atoms with Crippen LogP contribution in [0.3, 0.4) is 0 Å². The van der Waals surface area contributed by atoms with Gasteiger partial charge in [-0.3, -0.25) is 0 Å². The molecule has 1 aliphatic rings. The topological polar surface area (TPSA) is 26.3 Å². The number of esters is 1. The van der Waals surface area contributed by atoms with Crippen molar-refractivity contribution in [1.29, 1.82) is 0 Å². The summed E-state index contributed by atoms with van der Waals surface area (Å²) in [5, 5.41) is 0. The Kier molecular flexibility index (Phi) is 7.99. The zero-order valence-electron chi connectivity index (χ0n) is 20.1. The van der Waals surface area contributed by atoms with Crippen LogP contribution < -0.4 is 4.74 Å². The monoisotopic (exact) mass is 440 g/mol. The molecule has 0 spiro atoms. The van der Waals surface area contributed by atoms with Gasteiger partial charge in [0.15, 0.2) is 0 Å². The lowest BCUT2D eigenvalue weighted by Gasteiger charge is -2.28. The Morgan fingerprint density at radius 1 is 0.758 bits per heavy atom. The Labute approximate surface area is 199 Å². The van der Waals surface area contributed by atoms with Gasteiger partial charge in [-0.1, -0.05) is 81.6 Å². The largest absolute Gasteiger partial charge is 0.423 e. The van der Waals surface area contributed by atoms with Gasteiger partial charge in [0, 0.05) is 0 Å². The highest BCUT2D eigenvalue weighted by Gasteiger charge is 2.22. The van der Waals surface area contributed by atoms with E-state index in [2.05, 4.69) is 50.2 Å². The maximum atomic E-state index is 12.6. The molecule has 2 heteroatoms. The molecule has 3 aromatic carbocycles. The first kappa shape index (κ1) is 23.3. The fourth-order valence-electron chi connectivity index (χ4n) is 5.12. The lowest BCUT2D eigenvalue weighted by Crippen LogP contribution is -2.13. The van der Waals surface area contributed by atoms with Crippen molar-refractivity contribution in [2.24, 2.45) is 5.92 Å². The molecule has 0 atom stereocenters. The lowest BCUT2D eigenvalue weighted by molar-refractivity contribution is 0.0734. The van der Waals surface area contributed by atoms with Crippen LogP contribution in [-0.4, -0.2) is 5.97 Å². The van der Waals surface area contributed by atoms with Crippen LogP contribution >= 0.6 is 0 Å². The van der Waals surface area contributed by atoms with Crippen molar-refractivity contribution in [3.05, 3.63) is 89.5 Å². The number of rotatable bonds is 8. The number of hydrogen-bond acceptors (Lipinski definition) is 2. The molecule has 1 fully saturated rings. The normalized spacial score (nSPS) is 18.1. The molecule has 0 heterocycles. The summed E-state index contributed by atoms with van der Waals surface area (Å²) < 4.78 is 5.63. The molecule has 0 N–H and O–H groups in total. The van der Waals surface area contributed by atoms with Crippen molar-refractivity contribution in [2.45, 2.75) is 71.1 Å². The first-order valence-electron chi connectivity index (χ1n) is 12.7. The highest BCUT2D eigenvalue weighted by Crippen LogP contribution is 2.37. The Morgan fingerprint density at radius 2 is 1.36 bits per heavy atom. The number of ether oxygens (including phenoxy) is 1. The lowest BCUT2D eigenvalue weighted by atomic mass is 9.77. The van der Waals surface area contributed by atoms with E-state index < -0.39 is 0 Å². The first-order valence-corrected chi connectivity index (χ1v) is 12.7. The minimum atomic E-state index is -0.301. The molecule has 0 radical (unpaired) electrons. The summed E-state index contributed by atoms with van der Waals surface area (Å²) in [5.41, 5.74) is 5.62. The molecule has 33 heavy (non-hydrogen) atoms. The van der Waals surface area contributed by atoms with Gasteiger partial charge in [0.1, 0.15) is 5.75 Å². The summed E-state index contributed by atoms with van der Waals surface area (Å²) in [4.78, 5) is 12.6. The van der Waals surface area contributed by atoms with Crippen molar-refractivity contribution in [2.75, 3.05) is 0 Å². The SMILES string of the molecule is CCCc1ccc(-c2ccc(OC(=O)c3ccc([C@H]4CC[C@H](CCC)CC4)cc3)cc2)cc1. The van der Waals surface area contributed by atoms with Gasteiger partial charge in [0.2, 0.25) is 0 Å². The second-order valence-corrected chi connectivity index (χ2v) is 9.49. The van der Waals surface area contributed by atoms with E-state index in [0.29, 0.717) is 17.2 Å². The molecule has 3 aromatic rings. The van der Waals surface area contributed by atoms with E-state index in [1.807, 2.05) is 36.4 Å². The second-order valence-electron chi connectivity index (χ2n) is 9.49. The number of aryl methyl sites for hydroxylation is 1. The summed E-state index contributed by atoms with van der Waals surface area (Å²) in [6.07, 6.45) is 10.1. The Balaban J connectivity index is 1.33. The van der Waals surface area contributed by atoms with Crippen LogP contribution in [0.2, 0.25) is 0 Å². The molecule has 1 aliphatic carbocycles. The molecular weight excluding hydrogens is 404 g/mol. The summed E-state index contributed by atoms with van der Waals surface area (Å²) in [7, 11) is 0. The first-order chi connectivity index (χ1) is 16.2. The van der Waals surface area contributed by atoms with Crippen LogP contribution in [0.1, 0.15) is 86.2 Å². The summed E-state index contributed by atoms with van der Waals surface area (Å²) in [6, 6.07) is 24.5. The molecule has 4 rings (SSSR count). The van der Waals surface area contributed by atoms with Crippen molar-refractivity contribution in [3.63, 3.8) is 0 Å². The van der Waals surface area contributed by atoms with Gasteiger partial charge in [-0.05, 0) is 90.5 Å². The minimum Gasteiger partial charge on any atom is -0.423 e. The molecular formula is C31H36O2. The van der Waals surface area contributed by atoms with E-state index in [4.69, 9.17) is 4.74 Å². The van der Waals surface area contributed by atoms with Gasteiger partial charge in [0.25, 0.3) is 0 Å². The molecule has 0 saturated heterocycles. The third-order valence-corrected chi connectivity index (χ3v) is 7.05. The molecule has 0 unspecified atom stereocenters. The number of benzene rings is 3. The molecule has 0 aromatic heterocycles. The molecule has 1 saturated carbocycles. The van der Waals surface area contributed by atoms with Crippen molar-refractivity contribution >= 4 is 5.97 Å². The fourth-order valence-corrected chi connectivity index (χ4v) is 5.12. The minimum absolute atomic E-state index is 0.301. The summed E-state index contributed by atoms with van der Waals surface area (Å²) in [6.45, 7) is 4.48. The van der Waals surface area contributed by atoms with E-state index in [1.165, 1.54) is 55.2 Å². The number of hydrogen-bond donors (Lipinski definition) is 0. The van der Waals surface area contributed by atoms with Crippen LogP contribution in [0.25, 0.3) is 11.1 Å². The van der Waals surface area contributed by atoms with Gasteiger partial charge in [0.05, 0.1) is 5.56 Å². The number of carbonyl (C=O) groups excluding carboxylic acids is 1. The molecule has 172 valence electrons. The third kappa shape index (κ3) is 6.13. The predicted octanol–water partition coefficient (Wildman–Crippen LogP) is 8.60. The highest BCUT2D eigenvalue weighted by atomic mass is 16.5. The van der Waals surface area contributed by atoms with Crippen LogP contribution in [-0.2, 0) is 6.42 Å². The van der Waals surface area contributed by atoms with Crippen molar-refractivity contribution < 1.29 is 9.53 Å². The maximum Gasteiger partial charge on any atom is 0.343 e. The van der Waals surface area contributed by atoms with Gasteiger partial charge in [-0.25, -0.2) is 4.79 Å². The van der Waals surface area contributed by atoms with E-state index in [0.717, 1.165) is 24.3 Å². The summed E-state index contributed by atoms with van der Waals surface area (Å²) >= 11 is 0. The average Bonchev–Trinajstić information content (AvgIpc) is 2.86. The fraction of sp³-hybridized carbons (Fsp3) is 0.387. The van der Waals surface area contributed by atoms with Gasteiger partial charge < -0.3 is 4.74 Å². The van der Waals surface area contributed by atoms with Gasteiger partial charge in [-0.15, -0.1) is 0 Å². The van der Waals surface area contributed by atoms with E-state index in [1.54, 1.807) is 0 Å². The van der Waals surface area contributed by atoms with Crippen LogP contribution in [0, 0.1) is 5.92 Å². The zero-order chi connectivity index (χ0) is 23.0.